The number of nitrogens with two attached hydrogens (primary N) is 1. The lowest BCUT2D eigenvalue weighted by atomic mass is 10.2. The molecule has 1 aromatic carbocycles. The fourth-order valence-corrected chi connectivity index (χ4v) is 1.57. The zero-order chi connectivity index (χ0) is 13.1. The topological polar surface area (TPSA) is 80.6 Å². The number of hydrogen-bond donors (Lipinski definition) is 2. The molecule has 0 radical (unpaired) electrons. The standard InChI is InChI=1S/C13H13N3O2/c1-9-5-12(14)16(13(18)6-9)15-8-10-3-2-4-11(17)7-10/h2-8,17H,14H2,1H3/b15-8-. The molecule has 0 atom stereocenters. The zero-order valence-electron chi connectivity index (χ0n) is 9.87. The van der Waals surface area contributed by atoms with E-state index >= 15 is 0 Å². The molecule has 0 spiro atoms. The van der Waals surface area contributed by atoms with E-state index < -0.39 is 0 Å². The molecule has 0 fully saturated rings. The summed E-state index contributed by atoms with van der Waals surface area (Å²) in [6.45, 7) is 1.79. The van der Waals surface area contributed by atoms with Gasteiger partial charge in [-0.05, 0) is 36.2 Å². The Hall–Kier alpha value is -2.56. The van der Waals surface area contributed by atoms with Crippen LogP contribution < -0.4 is 11.3 Å². The van der Waals surface area contributed by atoms with Crippen molar-refractivity contribution in [2.24, 2.45) is 5.10 Å². The van der Waals surface area contributed by atoms with Crippen molar-refractivity contribution in [1.29, 1.82) is 0 Å². The third kappa shape index (κ3) is 2.57. The fraction of sp³-hybridized carbons (Fsp3) is 0.0769. The van der Waals surface area contributed by atoms with Crippen LogP contribution >= 0.6 is 0 Å². The quantitative estimate of drug-likeness (QED) is 0.781. The van der Waals surface area contributed by atoms with Gasteiger partial charge < -0.3 is 10.8 Å². The molecular formula is C13H13N3O2. The molecule has 0 unspecified atom stereocenters. The molecule has 0 aliphatic heterocycles. The first kappa shape index (κ1) is 11.9. The van der Waals surface area contributed by atoms with Crippen molar-refractivity contribution in [3.63, 3.8) is 0 Å². The molecular weight excluding hydrogens is 230 g/mol. The van der Waals surface area contributed by atoms with Crippen LogP contribution in [0.15, 0.2) is 46.3 Å². The Morgan fingerprint density at radius 1 is 1.33 bits per heavy atom. The molecule has 0 aliphatic rings. The van der Waals surface area contributed by atoms with Crippen molar-refractivity contribution in [2.45, 2.75) is 6.92 Å². The van der Waals surface area contributed by atoms with Gasteiger partial charge in [-0.3, -0.25) is 4.79 Å². The third-order valence-corrected chi connectivity index (χ3v) is 2.37. The summed E-state index contributed by atoms with van der Waals surface area (Å²) in [4.78, 5) is 11.7. The van der Waals surface area contributed by atoms with E-state index in [0.29, 0.717) is 5.56 Å². The lowest BCUT2D eigenvalue weighted by molar-refractivity contribution is 0.475. The normalized spacial score (nSPS) is 10.9. The summed E-state index contributed by atoms with van der Waals surface area (Å²) in [6, 6.07) is 9.68. The van der Waals surface area contributed by atoms with Crippen LogP contribution in [-0.4, -0.2) is 16.0 Å². The van der Waals surface area contributed by atoms with Crippen LogP contribution in [0.2, 0.25) is 0 Å². The Morgan fingerprint density at radius 2 is 2.11 bits per heavy atom. The van der Waals surface area contributed by atoms with Crippen molar-refractivity contribution >= 4 is 12.0 Å². The molecule has 2 rings (SSSR count). The lowest BCUT2D eigenvalue weighted by Gasteiger charge is -2.03. The molecule has 1 heterocycles. The summed E-state index contributed by atoms with van der Waals surface area (Å²) in [7, 11) is 0. The van der Waals surface area contributed by atoms with E-state index in [0.717, 1.165) is 10.2 Å². The maximum Gasteiger partial charge on any atom is 0.273 e. The van der Waals surface area contributed by atoms with Gasteiger partial charge in [0.1, 0.15) is 11.6 Å². The minimum absolute atomic E-state index is 0.142. The zero-order valence-corrected chi connectivity index (χ0v) is 9.87. The van der Waals surface area contributed by atoms with Gasteiger partial charge in [-0.15, -0.1) is 0 Å². The highest BCUT2D eigenvalue weighted by molar-refractivity contribution is 5.80. The largest absolute Gasteiger partial charge is 0.508 e. The Balaban J connectivity index is 2.38. The van der Waals surface area contributed by atoms with Gasteiger partial charge >= 0.3 is 0 Å². The highest BCUT2D eigenvalue weighted by Gasteiger charge is 1.99. The molecule has 5 nitrogen and oxygen atoms in total. The van der Waals surface area contributed by atoms with Crippen LogP contribution in [0.3, 0.4) is 0 Å². The van der Waals surface area contributed by atoms with Crippen molar-refractivity contribution in [2.75, 3.05) is 5.73 Å². The predicted molar refractivity (Wildman–Crippen MR) is 71.0 cm³/mol. The number of aromatic hydroxyl groups is 1. The Bertz CT molecular complexity index is 660. The number of nitrogen functional groups attached to an aromatic ring is 1. The molecule has 5 heteroatoms. The Morgan fingerprint density at radius 3 is 2.78 bits per heavy atom. The Labute approximate surface area is 104 Å². The number of nitrogens with zero attached hydrogens (tertiary/aromatic N) is 2. The van der Waals surface area contributed by atoms with E-state index in [9.17, 15) is 9.90 Å². The first-order chi connectivity index (χ1) is 8.56. The minimum Gasteiger partial charge on any atom is -0.508 e. The summed E-state index contributed by atoms with van der Waals surface area (Å²) in [6.07, 6.45) is 1.47. The lowest BCUT2D eigenvalue weighted by Crippen LogP contribution is -2.19. The fourth-order valence-electron chi connectivity index (χ4n) is 1.57. The average Bonchev–Trinajstić information content (AvgIpc) is 2.27. The maximum absolute atomic E-state index is 11.7. The van der Waals surface area contributed by atoms with Gasteiger partial charge in [0.25, 0.3) is 5.56 Å². The second kappa shape index (κ2) is 4.75. The van der Waals surface area contributed by atoms with Crippen LogP contribution in [0.1, 0.15) is 11.1 Å². The second-order valence-corrected chi connectivity index (χ2v) is 3.95. The van der Waals surface area contributed by atoms with Gasteiger partial charge in [0.05, 0.1) is 6.21 Å². The summed E-state index contributed by atoms with van der Waals surface area (Å²) in [5.41, 5.74) is 6.90. The number of pyridine rings is 1. The predicted octanol–water partition coefficient (Wildman–Crippen LogP) is 1.33. The van der Waals surface area contributed by atoms with E-state index in [1.54, 1.807) is 37.3 Å². The second-order valence-electron chi connectivity index (χ2n) is 3.95. The van der Waals surface area contributed by atoms with Gasteiger partial charge in [0.2, 0.25) is 0 Å². The number of aromatic nitrogens is 1. The van der Waals surface area contributed by atoms with E-state index in [-0.39, 0.29) is 17.1 Å². The van der Waals surface area contributed by atoms with Crippen LogP contribution in [0.5, 0.6) is 5.75 Å². The molecule has 3 N–H and O–H groups in total. The highest BCUT2D eigenvalue weighted by atomic mass is 16.3. The summed E-state index contributed by atoms with van der Waals surface area (Å²) in [5.74, 6) is 0.416. The molecule has 0 amide bonds. The summed E-state index contributed by atoms with van der Waals surface area (Å²) < 4.78 is 1.11. The maximum atomic E-state index is 11.7. The molecule has 1 aromatic heterocycles. The third-order valence-electron chi connectivity index (χ3n) is 2.37. The number of phenols is 1. The monoisotopic (exact) mass is 243 g/mol. The summed E-state index contributed by atoms with van der Waals surface area (Å²) >= 11 is 0. The molecule has 0 aliphatic carbocycles. The van der Waals surface area contributed by atoms with Gasteiger partial charge in [-0.2, -0.15) is 9.78 Å². The van der Waals surface area contributed by atoms with Crippen LogP contribution in [0.4, 0.5) is 5.82 Å². The van der Waals surface area contributed by atoms with Gasteiger partial charge in [-0.1, -0.05) is 12.1 Å². The summed E-state index contributed by atoms with van der Waals surface area (Å²) in [5, 5.41) is 13.3. The molecule has 0 saturated carbocycles. The van der Waals surface area contributed by atoms with E-state index in [4.69, 9.17) is 5.73 Å². The van der Waals surface area contributed by atoms with Crippen molar-refractivity contribution in [1.82, 2.24) is 4.68 Å². The SMILES string of the molecule is Cc1cc(N)n(/N=C\c2cccc(O)c2)c(=O)c1. The number of hydrogen-bond acceptors (Lipinski definition) is 4. The number of aryl methyl sites for hydroxylation is 1. The van der Waals surface area contributed by atoms with E-state index in [1.807, 2.05) is 0 Å². The highest BCUT2D eigenvalue weighted by Crippen LogP contribution is 2.09. The first-order valence-corrected chi connectivity index (χ1v) is 5.39. The minimum atomic E-state index is -0.288. The van der Waals surface area contributed by atoms with Gasteiger partial charge in [-0.25, -0.2) is 0 Å². The Kier molecular flexibility index (Phi) is 3.14. The number of phenolic OH excluding ortho intramolecular Hbond substituents is 1. The smallest absolute Gasteiger partial charge is 0.273 e. The number of anilines is 1. The van der Waals surface area contributed by atoms with Gasteiger partial charge in [0, 0.05) is 6.07 Å². The first-order valence-electron chi connectivity index (χ1n) is 5.39. The van der Waals surface area contributed by atoms with Crippen molar-refractivity contribution in [3.05, 3.63) is 57.9 Å². The van der Waals surface area contributed by atoms with Crippen LogP contribution in [-0.2, 0) is 0 Å². The molecule has 2 aromatic rings. The van der Waals surface area contributed by atoms with Gasteiger partial charge in [0.15, 0.2) is 0 Å². The average molecular weight is 243 g/mol. The molecule has 0 bridgehead atoms. The number of rotatable bonds is 2. The van der Waals surface area contributed by atoms with Crippen molar-refractivity contribution in [3.8, 4) is 5.75 Å². The van der Waals surface area contributed by atoms with E-state index in [1.165, 1.54) is 12.3 Å². The van der Waals surface area contributed by atoms with Crippen LogP contribution in [0, 0.1) is 6.92 Å². The molecule has 92 valence electrons. The molecule has 18 heavy (non-hydrogen) atoms. The van der Waals surface area contributed by atoms with Crippen LogP contribution in [0.25, 0.3) is 0 Å². The molecule has 0 saturated heterocycles. The van der Waals surface area contributed by atoms with E-state index in [2.05, 4.69) is 5.10 Å². The van der Waals surface area contributed by atoms with Crippen molar-refractivity contribution < 1.29 is 5.11 Å². The number of benzene rings is 1.